The number of benzene rings is 1. The van der Waals surface area contributed by atoms with E-state index in [9.17, 15) is 19.2 Å². The third-order valence-electron chi connectivity index (χ3n) is 5.32. The lowest BCUT2D eigenvalue weighted by Crippen LogP contribution is -2.39. The van der Waals surface area contributed by atoms with E-state index in [1.165, 1.54) is 12.1 Å². The normalized spacial score (nSPS) is 14.0. The second-order valence-electron chi connectivity index (χ2n) is 11.8. The van der Waals surface area contributed by atoms with Gasteiger partial charge in [0, 0.05) is 12.8 Å². The van der Waals surface area contributed by atoms with Crippen molar-refractivity contribution in [1.82, 2.24) is 0 Å². The summed E-state index contributed by atoms with van der Waals surface area (Å²) in [4.78, 5) is 49.3. The Morgan fingerprint density at radius 1 is 0.763 bits per heavy atom. The van der Waals surface area contributed by atoms with Crippen molar-refractivity contribution >= 4 is 23.9 Å². The Morgan fingerprint density at radius 3 is 1.76 bits per heavy atom. The number of carbonyl (C=O) groups excluding carboxylic acids is 4. The van der Waals surface area contributed by atoms with Gasteiger partial charge in [-0.25, -0.2) is 0 Å². The molecule has 0 spiro atoms. The number of carbonyl (C=O) groups is 4. The molecule has 0 aromatic heterocycles. The summed E-state index contributed by atoms with van der Waals surface area (Å²) in [5.74, 6) is -1.56. The quantitative estimate of drug-likeness (QED) is 0.280. The van der Waals surface area contributed by atoms with Gasteiger partial charge in [0.05, 0.1) is 6.42 Å². The number of nitrogens with two attached hydrogens (primary N) is 1. The predicted octanol–water partition coefficient (Wildman–Crippen LogP) is 4.76. The maximum atomic E-state index is 12.6. The van der Waals surface area contributed by atoms with Gasteiger partial charge in [-0.3, -0.25) is 19.2 Å². The van der Waals surface area contributed by atoms with Gasteiger partial charge in [0.15, 0.2) is 11.5 Å². The van der Waals surface area contributed by atoms with E-state index in [0.717, 1.165) is 0 Å². The van der Waals surface area contributed by atoms with Crippen LogP contribution < -0.4 is 15.2 Å². The topological polar surface area (TPSA) is 131 Å². The summed E-state index contributed by atoms with van der Waals surface area (Å²) in [6.45, 7) is 16.6. The standard InChI is InChI=1S/C29H45NO8/c1-17(2)12-25(31)37-23-11-10-21(15-24(23)38-26(32)13-18(3)4)14-22(30)28(34)36-20(6)19(5)35-27(33)16-29(7,8)9/h10-11,15,17-20,22H,12-14,16,30H2,1-9H3/t19?,20-,22-/m0/s1. The SMILES string of the molecule is CC(C)CC(=O)Oc1ccc(C[C@H](N)C(=O)O[C@@H](C)C(C)OC(=O)CC(C)(C)C)cc1OC(=O)CC(C)C. The molecule has 214 valence electrons. The van der Waals surface area contributed by atoms with E-state index >= 15 is 0 Å². The minimum absolute atomic E-state index is 0.0814. The first kappa shape index (κ1) is 33.1. The van der Waals surface area contributed by atoms with Crippen LogP contribution in [0.25, 0.3) is 0 Å². The minimum atomic E-state index is -1.02. The van der Waals surface area contributed by atoms with Crippen molar-refractivity contribution in [1.29, 1.82) is 0 Å². The number of ether oxygens (including phenoxy) is 4. The molecule has 38 heavy (non-hydrogen) atoms. The van der Waals surface area contributed by atoms with Gasteiger partial charge < -0.3 is 24.7 Å². The second-order valence-corrected chi connectivity index (χ2v) is 11.8. The van der Waals surface area contributed by atoms with Gasteiger partial charge in [0.25, 0.3) is 0 Å². The predicted molar refractivity (Wildman–Crippen MR) is 143 cm³/mol. The lowest BCUT2D eigenvalue weighted by molar-refractivity contribution is -0.167. The van der Waals surface area contributed by atoms with E-state index < -0.39 is 36.2 Å². The zero-order valence-corrected chi connectivity index (χ0v) is 24.3. The largest absolute Gasteiger partial charge is 0.459 e. The van der Waals surface area contributed by atoms with Gasteiger partial charge in [-0.15, -0.1) is 0 Å². The molecule has 0 aliphatic rings. The first-order valence-electron chi connectivity index (χ1n) is 13.2. The van der Waals surface area contributed by atoms with E-state index in [0.29, 0.717) is 5.56 Å². The molecule has 0 radical (unpaired) electrons. The van der Waals surface area contributed by atoms with Crippen molar-refractivity contribution in [3.8, 4) is 11.5 Å². The molecular weight excluding hydrogens is 490 g/mol. The molecule has 1 unspecified atom stereocenters. The van der Waals surface area contributed by atoms with Crippen LogP contribution in [0.1, 0.15) is 87.1 Å². The highest BCUT2D eigenvalue weighted by Crippen LogP contribution is 2.30. The van der Waals surface area contributed by atoms with Crippen LogP contribution in [0.4, 0.5) is 0 Å². The molecule has 0 amide bonds. The van der Waals surface area contributed by atoms with Crippen molar-refractivity contribution in [2.24, 2.45) is 23.0 Å². The third-order valence-corrected chi connectivity index (χ3v) is 5.32. The average Bonchev–Trinajstić information content (AvgIpc) is 2.72. The molecule has 0 saturated heterocycles. The molecule has 0 aliphatic carbocycles. The molecule has 1 aromatic rings. The molecule has 0 aliphatic heterocycles. The lowest BCUT2D eigenvalue weighted by Gasteiger charge is -2.24. The lowest BCUT2D eigenvalue weighted by atomic mass is 9.92. The maximum Gasteiger partial charge on any atom is 0.323 e. The van der Waals surface area contributed by atoms with Gasteiger partial charge in [0.1, 0.15) is 18.2 Å². The van der Waals surface area contributed by atoms with Crippen LogP contribution >= 0.6 is 0 Å². The van der Waals surface area contributed by atoms with E-state index in [1.54, 1.807) is 19.9 Å². The highest BCUT2D eigenvalue weighted by atomic mass is 16.6. The summed E-state index contributed by atoms with van der Waals surface area (Å²) in [6.07, 6.45) is -0.630. The van der Waals surface area contributed by atoms with Crippen LogP contribution in [0.15, 0.2) is 18.2 Å². The number of hydrogen-bond acceptors (Lipinski definition) is 9. The van der Waals surface area contributed by atoms with Crippen LogP contribution in [-0.4, -0.2) is 42.1 Å². The fourth-order valence-corrected chi connectivity index (χ4v) is 3.32. The van der Waals surface area contributed by atoms with Crippen LogP contribution in [-0.2, 0) is 35.1 Å². The van der Waals surface area contributed by atoms with Crippen LogP contribution in [0.3, 0.4) is 0 Å². The molecule has 2 N–H and O–H groups in total. The van der Waals surface area contributed by atoms with Gasteiger partial charge in [0.2, 0.25) is 0 Å². The highest BCUT2D eigenvalue weighted by molar-refractivity contribution is 5.78. The van der Waals surface area contributed by atoms with Crippen LogP contribution in [0.5, 0.6) is 11.5 Å². The summed E-state index contributed by atoms with van der Waals surface area (Å²) in [6, 6.07) is 3.67. The van der Waals surface area contributed by atoms with Crippen LogP contribution in [0, 0.1) is 17.3 Å². The summed E-state index contributed by atoms with van der Waals surface area (Å²) >= 11 is 0. The van der Waals surface area contributed by atoms with Crippen LogP contribution in [0.2, 0.25) is 0 Å². The number of esters is 4. The first-order valence-corrected chi connectivity index (χ1v) is 13.2. The molecule has 0 saturated carbocycles. The average molecular weight is 536 g/mol. The fraction of sp³-hybridized carbons (Fsp3) is 0.655. The Hall–Kier alpha value is -2.94. The highest BCUT2D eigenvalue weighted by Gasteiger charge is 2.26. The smallest absolute Gasteiger partial charge is 0.323 e. The monoisotopic (exact) mass is 535 g/mol. The molecule has 0 fully saturated rings. The fourth-order valence-electron chi connectivity index (χ4n) is 3.32. The Bertz CT molecular complexity index is 964. The molecule has 0 bridgehead atoms. The van der Waals surface area contributed by atoms with E-state index in [2.05, 4.69) is 0 Å². The van der Waals surface area contributed by atoms with Gasteiger partial charge in [-0.05, 0) is 55.2 Å². The minimum Gasteiger partial charge on any atom is -0.459 e. The summed E-state index contributed by atoms with van der Waals surface area (Å²) in [5, 5.41) is 0. The Kier molecular flexibility index (Phi) is 12.9. The molecule has 9 heteroatoms. The summed E-state index contributed by atoms with van der Waals surface area (Å²) < 4.78 is 21.7. The van der Waals surface area contributed by atoms with E-state index in [-0.39, 0.29) is 60.4 Å². The molecule has 1 aromatic carbocycles. The summed E-state index contributed by atoms with van der Waals surface area (Å²) in [5.41, 5.74) is 6.46. The first-order chi connectivity index (χ1) is 17.5. The Balaban J connectivity index is 2.91. The van der Waals surface area contributed by atoms with Crippen molar-refractivity contribution in [3.05, 3.63) is 23.8 Å². The molecular formula is C29H45NO8. The number of hydrogen-bond donors (Lipinski definition) is 1. The second kappa shape index (κ2) is 14.9. The summed E-state index contributed by atoms with van der Waals surface area (Å²) in [7, 11) is 0. The zero-order chi connectivity index (χ0) is 29.2. The van der Waals surface area contributed by atoms with Gasteiger partial charge in [-0.2, -0.15) is 0 Å². The zero-order valence-electron chi connectivity index (χ0n) is 24.3. The van der Waals surface area contributed by atoms with Crippen molar-refractivity contribution in [2.75, 3.05) is 0 Å². The van der Waals surface area contributed by atoms with Crippen molar-refractivity contribution in [3.63, 3.8) is 0 Å². The third kappa shape index (κ3) is 13.0. The van der Waals surface area contributed by atoms with Gasteiger partial charge in [-0.1, -0.05) is 54.5 Å². The molecule has 3 atom stereocenters. The molecule has 1 rings (SSSR count). The molecule has 9 nitrogen and oxygen atoms in total. The molecule has 0 heterocycles. The number of rotatable bonds is 13. The van der Waals surface area contributed by atoms with Crippen molar-refractivity contribution in [2.45, 2.75) is 106 Å². The van der Waals surface area contributed by atoms with E-state index in [4.69, 9.17) is 24.7 Å². The van der Waals surface area contributed by atoms with Gasteiger partial charge >= 0.3 is 23.9 Å². The van der Waals surface area contributed by atoms with Crippen molar-refractivity contribution < 1.29 is 38.1 Å². The Morgan fingerprint density at radius 2 is 1.26 bits per heavy atom. The van der Waals surface area contributed by atoms with E-state index in [1.807, 2.05) is 48.5 Å². The maximum absolute atomic E-state index is 12.6. The Labute approximate surface area is 226 Å².